The Hall–Kier alpha value is 0.110. The minimum atomic E-state index is -0.703. The van der Waals surface area contributed by atoms with Crippen molar-refractivity contribution in [3.63, 3.8) is 0 Å². The molecule has 0 bridgehead atoms. The summed E-state index contributed by atoms with van der Waals surface area (Å²) >= 11 is 0. The van der Waals surface area contributed by atoms with Crippen molar-refractivity contribution in [1.29, 1.82) is 0 Å². The molecule has 0 spiro atoms. The van der Waals surface area contributed by atoms with Crippen LogP contribution in [-0.4, -0.2) is 26.9 Å². The molecule has 0 aliphatic carbocycles. The van der Waals surface area contributed by atoms with Gasteiger partial charge in [0, 0.05) is 22.3 Å². The lowest BCUT2D eigenvalue weighted by molar-refractivity contribution is 0.202. The lowest BCUT2D eigenvalue weighted by Gasteiger charge is -1.89. The van der Waals surface area contributed by atoms with Gasteiger partial charge in [0.1, 0.15) is 0 Å². The van der Waals surface area contributed by atoms with Crippen molar-refractivity contribution in [3.05, 3.63) is 0 Å². The third-order valence-electron chi connectivity index (χ3n) is 1.06. The minimum absolute atomic E-state index is 0.277. The number of hydrogen-bond acceptors (Lipinski definition) is 2. The lowest BCUT2D eigenvalue weighted by Crippen LogP contribution is -2.03. The van der Waals surface area contributed by atoms with E-state index in [0.29, 0.717) is 11.5 Å². The van der Waals surface area contributed by atoms with E-state index >= 15 is 0 Å². The molecule has 0 saturated carbocycles. The van der Waals surface area contributed by atoms with Crippen LogP contribution in [0.3, 0.4) is 0 Å². The summed E-state index contributed by atoms with van der Waals surface area (Å²) in [5, 5.41) is 8.71. The summed E-state index contributed by atoms with van der Waals surface area (Å²) in [5.41, 5.74) is 0. The fourth-order valence-electron chi connectivity index (χ4n) is 0.649. The first-order valence-electron chi connectivity index (χ1n) is 2.32. The molecule has 1 fully saturated rings. The van der Waals surface area contributed by atoms with Crippen molar-refractivity contribution in [2.45, 2.75) is 12.5 Å². The van der Waals surface area contributed by atoms with Gasteiger partial charge in [-0.15, -0.1) is 0 Å². The van der Waals surface area contributed by atoms with Crippen molar-refractivity contribution in [2.24, 2.45) is 0 Å². The molecule has 1 N–H and O–H groups in total. The van der Waals surface area contributed by atoms with E-state index in [1.54, 1.807) is 0 Å². The van der Waals surface area contributed by atoms with Crippen LogP contribution in [0.5, 0.6) is 0 Å². The van der Waals surface area contributed by atoms with E-state index in [1.807, 2.05) is 0 Å². The highest BCUT2D eigenvalue weighted by atomic mass is 32.2. The Morgan fingerprint density at radius 2 is 2.43 bits per heavy atom. The maximum Gasteiger partial charge on any atom is 0.0664 e. The molecule has 0 aromatic rings. The molecular weight excluding hydrogens is 112 g/mol. The summed E-state index contributed by atoms with van der Waals surface area (Å²) in [6.07, 6.45) is 0.452. The lowest BCUT2D eigenvalue weighted by atomic mass is 10.3. The predicted molar refractivity (Wildman–Crippen MR) is 28.5 cm³/mol. The van der Waals surface area contributed by atoms with Gasteiger partial charge in [-0.3, -0.25) is 4.21 Å². The van der Waals surface area contributed by atoms with Gasteiger partial charge in [0.2, 0.25) is 0 Å². The smallest absolute Gasteiger partial charge is 0.0664 e. The van der Waals surface area contributed by atoms with Gasteiger partial charge in [0.15, 0.2) is 0 Å². The molecule has 0 aromatic heterocycles. The van der Waals surface area contributed by atoms with E-state index in [1.165, 1.54) is 0 Å². The zero-order chi connectivity index (χ0) is 5.28. The number of hydrogen-bond donors (Lipinski definition) is 1. The molecule has 2 atom stereocenters. The van der Waals surface area contributed by atoms with Gasteiger partial charge in [-0.05, 0) is 6.42 Å². The van der Waals surface area contributed by atoms with Gasteiger partial charge in [0.25, 0.3) is 0 Å². The number of aliphatic hydroxyl groups is 1. The Labute approximate surface area is 45.0 Å². The summed E-state index contributed by atoms with van der Waals surface area (Å²) in [5.74, 6) is 1.20. The molecule has 1 rings (SSSR count). The molecule has 1 saturated heterocycles. The first-order chi connectivity index (χ1) is 3.29. The summed E-state index contributed by atoms with van der Waals surface area (Å²) < 4.78 is 10.4. The second-order valence-corrected chi connectivity index (χ2v) is 3.37. The highest BCUT2D eigenvalue weighted by Gasteiger charge is 2.17. The fraction of sp³-hybridized carbons (Fsp3) is 1.00. The third kappa shape index (κ3) is 1.24. The molecule has 42 valence electrons. The highest BCUT2D eigenvalue weighted by Crippen LogP contribution is 2.05. The molecular formula is C4H8O2S. The van der Waals surface area contributed by atoms with Crippen LogP contribution in [0.2, 0.25) is 0 Å². The Bertz CT molecular complexity index is 91.7. The SMILES string of the molecule is O=[S@]1CC[C@@H](O)C1. The molecule has 1 aliphatic rings. The average Bonchev–Trinajstić information content (AvgIpc) is 1.87. The van der Waals surface area contributed by atoms with Crippen LogP contribution in [0.1, 0.15) is 6.42 Å². The molecule has 0 amide bonds. The largest absolute Gasteiger partial charge is 0.392 e. The molecule has 2 nitrogen and oxygen atoms in total. The molecule has 7 heavy (non-hydrogen) atoms. The molecule has 1 aliphatic heterocycles. The highest BCUT2D eigenvalue weighted by molar-refractivity contribution is 7.85. The minimum Gasteiger partial charge on any atom is -0.392 e. The van der Waals surface area contributed by atoms with Gasteiger partial charge in [0.05, 0.1) is 6.10 Å². The second kappa shape index (κ2) is 1.92. The van der Waals surface area contributed by atoms with Crippen molar-refractivity contribution in [3.8, 4) is 0 Å². The van der Waals surface area contributed by atoms with Gasteiger partial charge in [-0.25, -0.2) is 0 Å². The standard InChI is InChI=1S/C4H8O2S/c5-4-1-2-7(6)3-4/h4-5H,1-3H2/t4-,7+/m1/s1. The van der Waals surface area contributed by atoms with Crippen LogP contribution in [-0.2, 0) is 10.8 Å². The van der Waals surface area contributed by atoms with Crippen LogP contribution in [0, 0.1) is 0 Å². The summed E-state index contributed by atoms with van der Waals surface area (Å²) in [4.78, 5) is 0. The average molecular weight is 120 g/mol. The van der Waals surface area contributed by atoms with Crippen LogP contribution in [0.15, 0.2) is 0 Å². The quantitative estimate of drug-likeness (QED) is 0.468. The Kier molecular flexibility index (Phi) is 1.44. The van der Waals surface area contributed by atoms with E-state index in [0.717, 1.165) is 6.42 Å². The topological polar surface area (TPSA) is 37.3 Å². The number of aliphatic hydroxyl groups excluding tert-OH is 1. The van der Waals surface area contributed by atoms with E-state index in [2.05, 4.69) is 0 Å². The molecule has 0 radical (unpaired) electrons. The first kappa shape index (κ1) is 5.25. The van der Waals surface area contributed by atoms with Gasteiger partial charge >= 0.3 is 0 Å². The van der Waals surface area contributed by atoms with Gasteiger partial charge < -0.3 is 5.11 Å². The van der Waals surface area contributed by atoms with Gasteiger partial charge in [-0.1, -0.05) is 0 Å². The Morgan fingerprint density at radius 1 is 1.71 bits per heavy atom. The van der Waals surface area contributed by atoms with Crippen LogP contribution in [0.4, 0.5) is 0 Å². The maximum absolute atomic E-state index is 10.4. The molecule has 0 aromatic carbocycles. The Balaban J connectivity index is 2.40. The molecule has 0 unspecified atom stereocenters. The zero-order valence-electron chi connectivity index (χ0n) is 3.96. The summed E-state index contributed by atoms with van der Waals surface area (Å²) in [7, 11) is -0.703. The van der Waals surface area contributed by atoms with E-state index in [4.69, 9.17) is 5.11 Å². The van der Waals surface area contributed by atoms with Crippen LogP contribution in [0.25, 0.3) is 0 Å². The van der Waals surface area contributed by atoms with Crippen molar-refractivity contribution < 1.29 is 9.32 Å². The van der Waals surface area contributed by atoms with E-state index < -0.39 is 10.8 Å². The first-order valence-corrected chi connectivity index (χ1v) is 3.81. The Morgan fingerprint density at radius 3 is 2.57 bits per heavy atom. The second-order valence-electron chi connectivity index (χ2n) is 1.75. The fourth-order valence-corrected chi connectivity index (χ4v) is 1.95. The number of rotatable bonds is 0. The monoisotopic (exact) mass is 120 g/mol. The zero-order valence-corrected chi connectivity index (χ0v) is 4.78. The molecule has 3 heteroatoms. The van der Waals surface area contributed by atoms with E-state index in [9.17, 15) is 4.21 Å². The molecule has 1 heterocycles. The summed E-state index contributed by atoms with van der Waals surface area (Å²) in [6, 6.07) is 0. The van der Waals surface area contributed by atoms with E-state index in [-0.39, 0.29) is 6.10 Å². The van der Waals surface area contributed by atoms with Crippen molar-refractivity contribution >= 4 is 10.8 Å². The van der Waals surface area contributed by atoms with Crippen molar-refractivity contribution in [1.82, 2.24) is 0 Å². The van der Waals surface area contributed by atoms with Gasteiger partial charge in [-0.2, -0.15) is 0 Å². The van der Waals surface area contributed by atoms with Crippen LogP contribution < -0.4 is 0 Å². The normalized spacial score (nSPS) is 41.9. The third-order valence-corrected chi connectivity index (χ3v) is 2.50. The predicted octanol–water partition coefficient (Wildman–Crippen LogP) is -0.500. The summed E-state index contributed by atoms with van der Waals surface area (Å²) in [6.45, 7) is 0. The maximum atomic E-state index is 10.4. The van der Waals surface area contributed by atoms with Crippen LogP contribution >= 0.6 is 0 Å². The van der Waals surface area contributed by atoms with Crippen molar-refractivity contribution in [2.75, 3.05) is 11.5 Å².